The molecule has 23 heavy (non-hydrogen) atoms. The van der Waals surface area contributed by atoms with E-state index in [2.05, 4.69) is 15.9 Å². The normalized spacial score (nSPS) is 11.0. The topological polar surface area (TPSA) is 64.3 Å². The average molecular weight is 380 g/mol. The maximum atomic E-state index is 12.8. The predicted octanol–water partition coefficient (Wildman–Crippen LogP) is 1.14. The van der Waals surface area contributed by atoms with Crippen LogP contribution in [0.4, 0.5) is 0 Å². The number of carbonyl (C=O) groups excluding carboxylic acids is 1. The molecular formula is C16H18BrN3O3. The summed E-state index contributed by atoms with van der Waals surface area (Å²) in [6.45, 7) is 0.319. The molecule has 0 radical (unpaired) electrons. The van der Waals surface area contributed by atoms with E-state index in [0.29, 0.717) is 17.8 Å². The van der Waals surface area contributed by atoms with E-state index in [0.717, 1.165) is 9.04 Å². The Labute approximate surface area is 142 Å². The molecule has 2 aromatic rings. The Balaban J connectivity index is 2.74. The molecule has 1 aromatic carbocycles. The molecule has 0 atom stereocenters. The molecule has 122 valence electrons. The lowest BCUT2D eigenvalue weighted by Gasteiger charge is -2.17. The summed E-state index contributed by atoms with van der Waals surface area (Å²) in [7, 11) is 6.58. The Kier molecular flexibility index (Phi) is 5.01. The van der Waals surface area contributed by atoms with Gasteiger partial charge in [0.05, 0.1) is 5.69 Å². The van der Waals surface area contributed by atoms with Gasteiger partial charge in [-0.3, -0.25) is 18.7 Å². The summed E-state index contributed by atoms with van der Waals surface area (Å²) in [5.74, 6) is -0.384. The maximum absolute atomic E-state index is 12.8. The minimum absolute atomic E-state index is 0.0330. The quantitative estimate of drug-likeness (QED) is 0.747. The van der Waals surface area contributed by atoms with Gasteiger partial charge in [-0.1, -0.05) is 15.9 Å². The summed E-state index contributed by atoms with van der Waals surface area (Å²) in [5, 5.41) is 0. The van der Waals surface area contributed by atoms with E-state index in [1.165, 1.54) is 11.6 Å². The first kappa shape index (κ1) is 17.4. The highest BCUT2D eigenvalue weighted by molar-refractivity contribution is 9.10. The second-order valence-corrected chi connectivity index (χ2v) is 6.52. The molecule has 0 aliphatic heterocycles. The third kappa shape index (κ3) is 3.35. The number of benzene rings is 1. The van der Waals surface area contributed by atoms with E-state index in [9.17, 15) is 14.4 Å². The molecule has 0 saturated heterocycles. The van der Waals surface area contributed by atoms with Gasteiger partial charge in [0, 0.05) is 30.7 Å². The van der Waals surface area contributed by atoms with Crippen LogP contribution in [0, 0.1) is 0 Å². The van der Waals surface area contributed by atoms with Gasteiger partial charge in [0.15, 0.2) is 5.78 Å². The zero-order chi connectivity index (χ0) is 17.3. The summed E-state index contributed by atoms with van der Waals surface area (Å²) in [6, 6.07) is 6.78. The Morgan fingerprint density at radius 1 is 1.09 bits per heavy atom. The minimum Gasteiger partial charge on any atom is -0.304 e. The van der Waals surface area contributed by atoms with Gasteiger partial charge in [-0.2, -0.15) is 0 Å². The van der Waals surface area contributed by atoms with Crippen molar-refractivity contribution in [1.82, 2.24) is 14.0 Å². The molecule has 0 aliphatic carbocycles. The molecule has 1 heterocycles. The van der Waals surface area contributed by atoms with Crippen LogP contribution in [0.2, 0.25) is 0 Å². The van der Waals surface area contributed by atoms with Gasteiger partial charge in [-0.25, -0.2) is 4.79 Å². The molecule has 0 N–H and O–H groups in total. The number of aromatic nitrogens is 2. The second kappa shape index (κ2) is 6.64. The van der Waals surface area contributed by atoms with Crippen molar-refractivity contribution in [1.29, 1.82) is 0 Å². The van der Waals surface area contributed by atoms with Crippen molar-refractivity contribution >= 4 is 21.7 Å². The smallest absolute Gasteiger partial charge is 0.304 e. The van der Waals surface area contributed by atoms with Crippen molar-refractivity contribution in [3.63, 3.8) is 0 Å². The SMILES string of the molecule is CN(C)Cc1c(C(=O)c2ccc(Br)cc2)c(=O)n(C)c(=O)n1C. The summed E-state index contributed by atoms with van der Waals surface area (Å²) in [4.78, 5) is 39.3. The van der Waals surface area contributed by atoms with Crippen molar-refractivity contribution in [2.24, 2.45) is 14.1 Å². The van der Waals surface area contributed by atoms with Crippen LogP contribution in [0.1, 0.15) is 21.6 Å². The molecule has 0 bridgehead atoms. The van der Waals surface area contributed by atoms with E-state index >= 15 is 0 Å². The number of halogens is 1. The number of nitrogens with zero attached hydrogens (tertiary/aromatic N) is 3. The van der Waals surface area contributed by atoms with Crippen molar-refractivity contribution in [3.8, 4) is 0 Å². The van der Waals surface area contributed by atoms with Crippen LogP contribution in [-0.2, 0) is 20.6 Å². The number of hydrogen-bond acceptors (Lipinski definition) is 4. The molecule has 0 amide bonds. The number of carbonyl (C=O) groups is 1. The molecule has 0 saturated carbocycles. The van der Waals surface area contributed by atoms with Crippen molar-refractivity contribution in [3.05, 3.63) is 66.4 Å². The van der Waals surface area contributed by atoms with Gasteiger partial charge in [-0.15, -0.1) is 0 Å². The summed E-state index contributed by atoms with van der Waals surface area (Å²) in [5.41, 5.74) is -0.164. The third-order valence-corrected chi connectivity index (χ3v) is 4.11. The highest BCUT2D eigenvalue weighted by Gasteiger charge is 2.23. The zero-order valence-corrected chi connectivity index (χ0v) is 15.0. The van der Waals surface area contributed by atoms with Gasteiger partial charge in [0.1, 0.15) is 5.56 Å². The number of hydrogen-bond donors (Lipinski definition) is 0. The van der Waals surface area contributed by atoms with Crippen LogP contribution in [0.25, 0.3) is 0 Å². The third-order valence-electron chi connectivity index (χ3n) is 3.59. The Hall–Kier alpha value is -1.99. The Morgan fingerprint density at radius 2 is 1.65 bits per heavy atom. The van der Waals surface area contributed by atoms with E-state index in [-0.39, 0.29) is 11.3 Å². The fourth-order valence-electron chi connectivity index (χ4n) is 2.34. The monoisotopic (exact) mass is 379 g/mol. The van der Waals surface area contributed by atoms with Crippen LogP contribution in [0.15, 0.2) is 38.3 Å². The lowest BCUT2D eigenvalue weighted by atomic mass is 10.0. The van der Waals surface area contributed by atoms with E-state index in [1.807, 2.05) is 19.0 Å². The van der Waals surface area contributed by atoms with Gasteiger partial charge in [0.2, 0.25) is 0 Å². The fourth-order valence-corrected chi connectivity index (χ4v) is 2.61. The largest absolute Gasteiger partial charge is 0.330 e. The predicted molar refractivity (Wildman–Crippen MR) is 91.9 cm³/mol. The standard InChI is InChI=1S/C16H18BrN3O3/c1-18(2)9-12-13(15(22)20(4)16(23)19(12)3)14(21)10-5-7-11(17)8-6-10/h5-8H,9H2,1-4H3. The highest BCUT2D eigenvalue weighted by atomic mass is 79.9. The zero-order valence-electron chi connectivity index (χ0n) is 13.5. The lowest BCUT2D eigenvalue weighted by molar-refractivity contribution is 0.103. The first-order valence-electron chi connectivity index (χ1n) is 6.98. The van der Waals surface area contributed by atoms with Crippen molar-refractivity contribution in [2.75, 3.05) is 14.1 Å². The fraction of sp³-hybridized carbons (Fsp3) is 0.312. The van der Waals surface area contributed by atoms with Crippen LogP contribution in [0.5, 0.6) is 0 Å². The molecule has 0 fully saturated rings. The molecule has 0 spiro atoms. The van der Waals surface area contributed by atoms with Gasteiger partial charge < -0.3 is 4.90 Å². The van der Waals surface area contributed by atoms with E-state index in [4.69, 9.17) is 0 Å². The molecule has 0 aliphatic rings. The van der Waals surface area contributed by atoms with Crippen molar-refractivity contribution in [2.45, 2.75) is 6.54 Å². The summed E-state index contributed by atoms with van der Waals surface area (Å²) in [6.07, 6.45) is 0. The lowest BCUT2D eigenvalue weighted by Crippen LogP contribution is -2.43. The van der Waals surface area contributed by atoms with E-state index < -0.39 is 11.2 Å². The second-order valence-electron chi connectivity index (χ2n) is 5.60. The van der Waals surface area contributed by atoms with Gasteiger partial charge in [-0.05, 0) is 38.4 Å². The van der Waals surface area contributed by atoms with Crippen molar-refractivity contribution < 1.29 is 4.79 Å². The summed E-state index contributed by atoms with van der Waals surface area (Å²) < 4.78 is 3.16. The first-order chi connectivity index (χ1) is 10.7. The average Bonchev–Trinajstić information content (AvgIpc) is 2.50. The van der Waals surface area contributed by atoms with Gasteiger partial charge >= 0.3 is 5.69 Å². The van der Waals surface area contributed by atoms with Crippen LogP contribution >= 0.6 is 15.9 Å². The van der Waals surface area contributed by atoms with Crippen LogP contribution in [-0.4, -0.2) is 33.9 Å². The van der Waals surface area contributed by atoms with Crippen LogP contribution < -0.4 is 11.2 Å². The summed E-state index contributed by atoms with van der Waals surface area (Å²) >= 11 is 3.32. The molecule has 7 heteroatoms. The number of rotatable bonds is 4. The van der Waals surface area contributed by atoms with Gasteiger partial charge in [0.25, 0.3) is 5.56 Å². The maximum Gasteiger partial charge on any atom is 0.330 e. The molecular weight excluding hydrogens is 362 g/mol. The van der Waals surface area contributed by atoms with Crippen LogP contribution in [0.3, 0.4) is 0 Å². The Morgan fingerprint density at radius 3 is 2.17 bits per heavy atom. The first-order valence-corrected chi connectivity index (χ1v) is 7.77. The molecule has 1 aromatic heterocycles. The molecule has 0 unspecified atom stereocenters. The molecule has 2 rings (SSSR count). The minimum atomic E-state index is -0.571. The Bertz CT molecular complexity index is 864. The highest BCUT2D eigenvalue weighted by Crippen LogP contribution is 2.15. The molecule has 6 nitrogen and oxygen atoms in total. The number of ketones is 1. The van der Waals surface area contributed by atoms with E-state index in [1.54, 1.807) is 31.3 Å².